The van der Waals surface area contributed by atoms with Crippen LogP contribution in [0.3, 0.4) is 0 Å². The van der Waals surface area contributed by atoms with Gasteiger partial charge in [-0.15, -0.1) is 11.3 Å². The van der Waals surface area contributed by atoms with E-state index < -0.39 is 12.2 Å². The molecule has 10 heteroatoms. The molecule has 2 aromatic rings. The maximum Gasteiger partial charge on any atom is 0.414 e. The number of cyclic esters (lactones) is 1. The number of halogens is 1. The van der Waals surface area contributed by atoms with Gasteiger partial charge in [-0.1, -0.05) is 11.6 Å². The van der Waals surface area contributed by atoms with Gasteiger partial charge < -0.3 is 15.0 Å². The molecule has 5 rings (SSSR count). The van der Waals surface area contributed by atoms with Crippen molar-refractivity contribution in [2.75, 3.05) is 36.1 Å². The van der Waals surface area contributed by atoms with E-state index in [4.69, 9.17) is 21.4 Å². The zero-order valence-electron chi connectivity index (χ0n) is 17.7. The van der Waals surface area contributed by atoms with Crippen molar-refractivity contribution in [3.63, 3.8) is 0 Å². The fourth-order valence-electron chi connectivity index (χ4n) is 4.04. The molecule has 1 atom stereocenters. The maximum absolute atomic E-state index is 12.4. The number of benzene rings is 1. The highest BCUT2D eigenvalue weighted by Crippen LogP contribution is 2.30. The van der Waals surface area contributed by atoms with E-state index >= 15 is 0 Å². The van der Waals surface area contributed by atoms with Crippen molar-refractivity contribution in [3.8, 4) is 0 Å². The molecule has 2 fully saturated rings. The van der Waals surface area contributed by atoms with Crippen molar-refractivity contribution in [3.05, 3.63) is 45.6 Å². The second kappa shape index (κ2) is 8.63. The number of hydrogen-bond donors (Lipinski definition) is 1. The van der Waals surface area contributed by atoms with E-state index in [1.165, 1.54) is 24.2 Å². The van der Waals surface area contributed by atoms with Crippen LogP contribution in [0.1, 0.15) is 29.4 Å². The first-order valence-corrected chi connectivity index (χ1v) is 11.9. The minimum atomic E-state index is -0.414. The highest BCUT2D eigenvalue weighted by atomic mass is 35.5. The van der Waals surface area contributed by atoms with Crippen molar-refractivity contribution in [1.82, 2.24) is 10.2 Å². The first-order chi connectivity index (χ1) is 15.5. The lowest BCUT2D eigenvalue weighted by Gasteiger charge is -2.33. The Kier molecular flexibility index (Phi) is 5.69. The van der Waals surface area contributed by atoms with Gasteiger partial charge in [-0.2, -0.15) is 5.10 Å². The van der Waals surface area contributed by atoms with Gasteiger partial charge in [0.2, 0.25) is 0 Å². The van der Waals surface area contributed by atoms with E-state index in [0.29, 0.717) is 21.8 Å². The van der Waals surface area contributed by atoms with Gasteiger partial charge in [0, 0.05) is 18.3 Å². The molecule has 0 bridgehead atoms. The Balaban J connectivity index is 1.18. The molecule has 0 radical (unpaired) electrons. The quantitative estimate of drug-likeness (QED) is 0.691. The van der Waals surface area contributed by atoms with Crippen LogP contribution in [-0.4, -0.2) is 61.1 Å². The summed E-state index contributed by atoms with van der Waals surface area (Å²) in [5, 5.41) is 9.55. The molecule has 1 N–H and O–H groups in total. The number of amides is 2. The molecule has 168 valence electrons. The number of ether oxygens (including phenoxy) is 1. The standard InChI is InChI=1S/C22H24ClN5O3S/c1-14-25-28(11-10-26(14)15-2-3-15)17-6-4-16(5-7-17)27-13-18(31-22(27)30)12-24-21(29)19-8-9-20(23)32-19/h4-9,15,18H,2-3,10-13H2,1H3,(H,24,29)/t18-/m0/s1. The molecule has 1 aliphatic carbocycles. The van der Waals surface area contributed by atoms with Gasteiger partial charge in [-0.05, 0) is 56.2 Å². The van der Waals surface area contributed by atoms with Crippen LogP contribution in [0, 0.1) is 0 Å². The van der Waals surface area contributed by atoms with Gasteiger partial charge in [0.15, 0.2) is 0 Å². The first kappa shape index (κ1) is 21.1. The number of carbonyl (C=O) groups is 2. The summed E-state index contributed by atoms with van der Waals surface area (Å²) in [6.45, 7) is 4.50. The van der Waals surface area contributed by atoms with E-state index in [0.717, 1.165) is 30.3 Å². The minimum Gasteiger partial charge on any atom is -0.442 e. The van der Waals surface area contributed by atoms with Gasteiger partial charge in [0.25, 0.3) is 5.91 Å². The van der Waals surface area contributed by atoms with Crippen LogP contribution in [0.2, 0.25) is 4.34 Å². The second-order valence-electron chi connectivity index (χ2n) is 8.14. The molecule has 1 aromatic carbocycles. The highest BCUT2D eigenvalue weighted by molar-refractivity contribution is 7.18. The zero-order chi connectivity index (χ0) is 22.2. The Morgan fingerprint density at radius 3 is 2.59 bits per heavy atom. The lowest BCUT2D eigenvalue weighted by Crippen LogP contribution is -2.43. The summed E-state index contributed by atoms with van der Waals surface area (Å²) < 4.78 is 5.99. The molecule has 2 amide bonds. The number of hydrogen-bond acceptors (Lipinski definition) is 7. The van der Waals surface area contributed by atoms with E-state index in [1.54, 1.807) is 17.0 Å². The summed E-state index contributed by atoms with van der Waals surface area (Å²) in [7, 11) is 0. The number of thiophene rings is 1. The first-order valence-electron chi connectivity index (χ1n) is 10.7. The SMILES string of the molecule is CC1=NN(c2ccc(N3C[C@H](CNC(=O)c4ccc(Cl)s4)OC3=O)cc2)CCN1C1CC1. The van der Waals surface area contributed by atoms with Gasteiger partial charge in [-0.3, -0.25) is 14.7 Å². The smallest absolute Gasteiger partial charge is 0.414 e. The summed E-state index contributed by atoms with van der Waals surface area (Å²) in [6, 6.07) is 11.8. The van der Waals surface area contributed by atoms with Gasteiger partial charge in [-0.25, -0.2) is 4.79 Å². The Bertz CT molecular complexity index is 1050. The van der Waals surface area contributed by atoms with Gasteiger partial charge >= 0.3 is 6.09 Å². The predicted octanol–water partition coefficient (Wildman–Crippen LogP) is 3.77. The zero-order valence-corrected chi connectivity index (χ0v) is 19.2. The Morgan fingerprint density at radius 1 is 1.19 bits per heavy atom. The van der Waals surface area contributed by atoms with Crippen molar-refractivity contribution < 1.29 is 14.3 Å². The number of amidine groups is 1. The van der Waals surface area contributed by atoms with E-state index in [-0.39, 0.29) is 12.5 Å². The molecule has 3 heterocycles. The number of rotatable bonds is 6. The van der Waals surface area contributed by atoms with Crippen molar-refractivity contribution >= 4 is 52.1 Å². The number of nitrogens with zero attached hydrogens (tertiary/aromatic N) is 4. The summed E-state index contributed by atoms with van der Waals surface area (Å²) in [4.78, 5) is 29.1. The van der Waals surface area contributed by atoms with Crippen LogP contribution in [0.15, 0.2) is 41.5 Å². The Morgan fingerprint density at radius 2 is 1.94 bits per heavy atom. The molecule has 8 nitrogen and oxygen atoms in total. The van der Waals surface area contributed by atoms with Crippen LogP contribution in [-0.2, 0) is 4.74 Å². The fourth-order valence-corrected chi connectivity index (χ4v) is 5.00. The lowest BCUT2D eigenvalue weighted by molar-refractivity contribution is 0.0920. The molecular formula is C22H24ClN5O3S. The summed E-state index contributed by atoms with van der Waals surface area (Å²) >= 11 is 7.09. The normalized spacial score (nSPS) is 20.9. The Labute approximate surface area is 195 Å². The second-order valence-corrected chi connectivity index (χ2v) is 9.86. The van der Waals surface area contributed by atoms with Gasteiger partial charge in [0.05, 0.1) is 34.5 Å². The van der Waals surface area contributed by atoms with Crippen LogP contribution >= 0.6 is 22.9 Å². The third-order valence-corrected chi connectivity index (χ3v) is 7.07. The van der Waals surface area contributed by atoms with Gasteiger partial charge in [0.1, 0.15) is 11.9 Å². The number of anilines is 2. The molecule has 1 saturated carbocycles. The Hall–Kier alpha value is -2.78. The molecule has 0 spiro atoms. The molecule has 1 aromatic heterocycles. The lowest BCUT2D eigenvalue weighted by atomic mass is 10.2. The van der Waals surface area contributed by atoms with E-state index in [2.05, 4.69) is 17.1 Å². The van der Waals surface area contributed by atoms with E-state index in [1.807, 2.05) is 29.3 Å². The largest absolute Gasteiger partial charge is 0.442 e. The van der Waals surface area contributed by atoms with E-state index in [9.17, 15) is 9.59 Å². The maximum atomic E-state index is 12.4. The van der Waals surface area contributed by atoms with Crippen molar-refractivity contribution in [1.29, 1.82) is 0 Å². The van der Waals surface area contributed by atoms with Crippen LogP contribution in [0.25, 0.3) is 0 Å². The third-order valence-electron chi connectivity index (χ3n) is 5.84. The molecule has 3 aliphatic rings. The third kappa shape index (κ3) is 4.40. The number of nitrogens with one attached hydrogen (secondary N) is 1. The fraction of sp³-hybridized carbons (Fsp3) is 0.409. The topological polar surface area (TPSA) is 77.5 Å². The number of hydrazone groups is 1. The van der Waals surface area contributed by atoms with Crippen molar-refractivity contribution in [2.45, 2.75) is 31.9 Å². The average Bonchev–Trinajstić information content (AvgIpc) is 3.43. The van der Waals surface area contributed by atoms with Crippen LogP contribution < -0.4 is 15.2 Å². The molecule has 32 heavy (non-hydrogen) atoms. The molecular weight excluding hydrogens is 450 g/mol. The summed E-state index contributed by atoms with van der Waals surface area (Å²) in [5.41, 5.74) is 1.75. The molecule has 0 unspecified atom stereocenters. The van der Waals surface area contributed by atoms with Crippen molar-refractivity contribution in [2.24, 2.45) is 5.10 Å². The minimum absolute atomic E-state index is 0.224. The summed E-state index contributed by atoms with van der Waals surface area (Å²) in [5.74, 6) is 0.832. The van der Waals surface area contributed by atoms with Crippen LogP contribution in [0.5, 0.6) is 0 Å². The predicted molar refractivity (Wildman–Crippen MR) is 126 cm³/mol. The monoisotopic (exact) mass is 473 g/mol. The van der Waals surface area contributed by atoms with Crippen LogP contribution in [0.4, 0.5) is 16.2 Å². The number of carbonyl (C=O) groups excluding carboxylic acids is 2. The molecule has 2 aliphatic heterocycles. The average molecular weight is 474 g/mol. The summed E-state index contributed by atoms with van der Waals surface area (Å²) in [6.07, 6.45) is 1.70. The molecule has 1 saturated heterocycles. The highest BCUT2D eigenvalue weighted by Gasteiger charge is 2.34.